The molecule has 0 saturated carbocycles. The van der Waals surface area contributed by atoms with E-state index in [-0.39, 0.29) is 23.7 Å². The Balaban J connectivity index is 1.51. The smallest absolute Gasteiger partial charge is 0.340 e. The molecule has 1 heterocycles. The Hall–Kier alpha value is -4.13. The number of fused-ring (bicyclic) bond motifs is 2. The van der Waals surface area contributed by atoms with Crippen molar-refractivity contribution in [2.24, 2.45) is 0 Å². The molecule has 0 atom stereocenters. The summed E-state index contributed by atoms with van der Waals surface area (Å²) in [6, 6.07) is 18.2. The van der Waals surface area contributed by atoms with Crippen molar-refractivity contribution in [2.45, 2.75) is 13.3 Å². The first-order valence-corrected chi connectivity index (χ1v) is 9.61. The zero-order valence-electron chi connectivity index (χ0n) is 16.7. The van der Waals surface area contributed by atoms with Crippen LogP contribution < -0.4 is 15.7 Å². The van der Waals surface area contributed by atoms with Crippen LogP contribution in [0.3, 0.4) is 0 Å². The van der Waals surface area contributed by atoms with E-state index in [4.69, 9.17) is 14.3 Å². The van der Waals surface area contributed by atoms with Crippen LogP contribution in [0, 0.1) is 6.92 Å². The zero-order valence-corrected chi connectivity index (χ0v) is 16.7. The number of carbonyl (C=O) groups is 2. The van der Waals surface area contributed by atoms with Gasteiger partial charge in [-0.05, 0) is 36.1 Å². The summed E-state index contributed by atoms with van der Waals surface area (Å²) in [7, 11) is 0. The third-order valence-electron chi connectivity index (χ3n) is 5.01. The molecule has 2 N–H and O–H groups in total. The molecule has 1 aromatic heterocycles. The van der Waals surface area contributed by atoms with E-state index in [0.717, 1.165) is 10.8 Å². The molecule has 0 saturated heterocycles. The second-order valence-corrected chi connectivity index (χ2v) is 7.09. The van der Waals surface area contributed by atoms with Crippen molar-refractivity contribution < 1.29 is 23.8 Å². The molecule has 4 rings (SSSR count). The SMILES string of the molecule is Cc1c(CC(=O)O)c(=O)oc2cc(NC(=O)COc3cccc4ccccc34)ccc12. The molecule has 0 spiro atoms. The number of hydrogen-bond donors (Lipinski definition) is 2. The molecule has 0 radical (unpaired) electrons. The molecule has 1 amide bonds. The summed E-state index contributed by atoms with van der Waals surface area (Å²) in [6.07, 6.45) is -0.409. The topological polar surface area (TPSA) is 106 Å². The predicted octanol–water partition coefficient (Wildman–Crippen LogP) is 3.90. The number of aliphatic carboxylic acids is 1. The van der Waals surface area contributed by atoms with E-state index in [1.165, 1.54) is 6.07 Å². The Bertz CT molecular complexity index is 1370. The lowest BCUT2D eigenvalue weighted by Crippen LogP contribution is -2.20. The van der Waals surface area contributed by atoms with E-state index in [1.807, 2.05) is 36.4 Å². The fraction of sp³-hybridized carbons (Fsp3) is 0.125. The van der Waals surface area contributed by atoms with Gasteiger partial charge >= 0.3 is 11.6 Å². The minimum atomic E-state index is -1.11. The monoisotopic (exact) mass is 417 g/mol. The van der Waals surface area contributed by atoms with Crippen LogP contribution in [0.25, 0.3) is 21.7 Å². The minimum absolute atomic E-state index is 0.111. The van der Waals surface area contributed by atoms with Crippen molar-refractivity contribution >= 4 is 39.3 Å². The van der Waals surface area contributed by atoms with Crippen molar-refractivity contribution in [1.29, 1.82) is 0 Å². The number of ether oxygens (including phenoxy) is 1. The van der Waals surface area contributed by atoms with Crippen molar-refractivity contribution in [1.82, 2.24) is 0 Å². The van der Waals surface area contributed by atoms with Gasteiger partial charge in [0, 0.05) is 22.5 Å². The van der Waals surface area contributed by atoms with E-state index in [2.05, 4.69) is 5.32 Å². The Morgan fingerprint density at radius 1 is 1.03 bits per heavy atom. The van der Waals surface area contributed by atoms with Gasteiger partial charge in [0.2, 0.25) is 0 Å². The number of amides is 1. The van der Waals surface area contributed by atoms with Gasteiger partial charge in [0.1, 0.15) is 11.3 Å². The average Bonchev–Trinajstić information content (AvgIpc) is 2.75. The normalized spacial score (nSPS) is 10.9. The molecule has 7 heteroatoms. The number of aryl methyl sites for hydroxylation is 1. The van der Waals surface area contributed by atoms with Crippen molar-refractivity contribution in [2.75, 3.05) is 11.9 Å². The summed E-state index contributed by atoms with van der Waals surface area (Å²) < 4.78 is 11.0. The largest absolute Gasteiger partial charge is 0.483 e. The number of benzene rings is 3. The molecule has 7 nitrogen and oxygen atoms in total. The molecular formula is C24H19NO6. The summed E-state index contributed by atoms with van der Waals surface area (Å²) in [6.45, 7) is 1.49. The zero-order chi connectivity index (χ0) is 22.0. The average molecular weight is 417 g/mol. The van der Waals surface area contributed by atoms with Gasteiger partial charge in [-0.1, -0.05) is 36.4 Å². The second-order valence-electron chi connectivity index (χ2n) is 7.09. The molecule has 0 aliphatic heterocycles. The van der Waals surface area contributed by atoms with Crippen LogP contribution >= 0.6 is 0 Å². The number of carbonyl (C=O) groups excluding carboxylic acids is 1. The lowest BCUT2D eigenvalue weighted by molar-refractivity contribution is -0.136. The molecule has 0 unspecified atom stereocenters. The summed E-state index contributed by atoms with van der Waals surface area (Å²) in [5.74, 6) is -0.863. The summed E-state index contributed by atoms with van der Waals surface area (Å²) in [5, 5.41) is 14.2. The molecule has 0 bridgehead atoms. The van der Waals surface area contributed by atoms with E-state index in [1.54, 1.807) is 25.1 Å². The fourth-order valence-corrected chi connectivity index (χ4v) is 3.49. The Morgan fingerprint density at radius 2 is 1.81 bits per heavy atom. The quantitative estimate of drug-likeness (QED) is 0.461. The third kappa shape index (κ3) is 4.25. The maximum absolute atomic E-state index is 12.4. The van der Waals surface area contributed by atoms with Gasteiger partial charge in [-0.2, -0.15) is 0 Å². The molecule has 4 aromatic rings. The second kappa shape index (κ2) is 8.31. The van der Waals surface area contributed by atoms with Gasteiger partial charge < -0.3 is 19.6 Å². The molecule has 0 aliphatic carbocycles. The fourth-order valence-electron chi connectivity index (χ4n) is 3.49. The molecular weight excluding hydrogens is 398 g/mol. The van der Waals surface area contributed by atoms with Crippen LogP contribution in [0.2, 0.25) is 0 Å². The number of nitrogens with one attached hydrogen (secondary N) is 1. The summed E-state index contributed by atoms with van der Waals surface area (Å²) in [5.41, 5.74) is 0.665. The van der Waals surface area contributed by atoms with Gasteiger partial charge in [0.15, 0.2) is 6.61 Å². The maximum Gasteiger partial charge on any atom is 0.340 e. The third-order valence-corrected chi connectivity index (χ3v) is 5.01. The van der Waals surface area contributed by atoms with E-state index in [9.17, 15) is 14.4 Å². The van der Waals surface area contributed by atoms with Crippen LogP contribution in [0.1, 0.15) is 11.1 Å². The van der Waals surface area contributed by atoms with E-state index < -0.39 is 18.0 Å². The Kier molecular flexibility index (Phi) is 5.41. The van der Waals surface area contributed by atoms with Crippen LogP contribution in [0.4, 0.5) is 5.69 Å². The molecule has 156 valence electrons. The first-order chi connectivity index (χ1) is 14.9. The maximum atomic E-state index is 12.4. The highest BCUT2D eigenvalue weighted by atomic mass is 16.5. The van der Waals surface area contributed by atoms with Crippen molar-refractivity contribution in [3.8, 4) is 5.75 Å². The van der Waals surface area contributed by atoms with Gasteiger partial charge in [0.25, 0.3) is 5.91 Å². The summed E-state index contributed by atoms with van der Waals surface area (Å²) >= 11 is 0. The highest BCUT2D eigenvalue weighted by molar-refractivity contribution is 5.95. The lowest BCUT2D eigenvalue weighted by Gasteiger charge is -2.11. The van der Waals surface area contributed by atoms with E-state index in [0.29, 0.717) is 22.4 Å². The molecule has 0 fully saturated rings. The van der Waals surface area contributed by atoms with Gasteiger partial charge in [-0.25, -0.2) is 4.79 Å². The Labute approximate surface area is 176 Å². The first-order valence-electron chi connectivity index (χ1n) is 9.61. The highest BCUT2D eigenvalue weighted by Crippen LogP contribution is 2.26. The van der Waals surface area contributed by atoms with Crippen LogP contribution in [0.15, 0.2) is 69.9 Å². The standard InChI is InChI=1S/C24H19NO6/c1-14-17-10-9-16(11-21(17)31-24(29)19(14)12-23(27)28)25-22(26)13-30-20-8-4-6-15-5-2-3-7-18(15)20/h2-11H,12-13H2,1H3,(H,25,26)(H,27,28). The van der Waals surface area contributed by atoms with Crippen LogP contribution in [0.5, 0.6) is 5.75 Å². The van der Waals surface area contributed by atoms with E-state index >= 15 is 0 Å². The van der Waals surface area contributed by atoms with Gasteiger partial charge in [-0.3, -0.25) is 9.59 Å². The van der Waals surface area contributed by atoms with Crippen molar-refractivity contribution in [3.63, 3.8) is 0 Å². The summed E-state index contributed by atoms with van der Waals surface area (Å²) in [4.78, 5) is 35.5. The van der Waals surface area contributed by atoms with Gasteiger partial charge in [-0.15, -0.1) is 0 Å². The van der Waals surface area contributed by atoms with Crippen molar-refractivity contribution in [3.05, 3.63) is 82.2 Å². The van der Waals surface area contributed by atoms with Gasteiger partial charge in [0.05, 0.1) is 12.0 Å². The Morgan fingerprint density at radius 3 is 2.61 bits per heavy atom. The molecule has 3 aromatic carbocycles. The first kappa shape index (κ1) is 20.2. The molecule has 31 heavy (non-hydrogen) atoms. The number of carboxylic acids is 1. The van der Waals surface area contributed by atoms with Crippen LogP contribution in [-0.4, -0.2) is 23.6 Å². The van der Waals surface area contributed by atoms with Crippen LogP contribution in [-0.2, 0) is 16.0 Å². The number of rotatable bonds is 6. The lowest BCUT2D eigenvalue weighted by atomic mass is 10.0. The highest BCUT2D eigenvalue weighted by Gasteiger charge is 2.15. The number of carboxylic acid groups (broad SMARTS) is 1. The molecule has 0 aliphatic rings. The number of hydrogen-bond acceptors (Lipinski definition) is 5. The number of anilines is 1. The predicted molar refractivity (Wildman–Crippen MR) is 117 cm³/mol. The minimum Gasteiger partial charge on any atom is -0.483 e.